The van der Waals surface area contributed by atoms with Crippen molar-refractivity contribution in [2.45, 2.75) is 33.1 Å². The monoisotopic (exact) mass is 266 g/mol. The molecule has 0 unspecified atom stereocenters. The van der Waals surface area contributed by atoms with Gasteiger partial charge in [0.1, 0.15) is 0 Å². The van der Waals surface area contributed by atoms with Gasteiger partial charge in [0.15, 0.2) is 0 Å². The van der Waals surface area contributed by atoms with Crippen LogP contribution in [0.25, 0.3) is 0 Å². The molecule has 0 amide bonds. The molecule has 1 saturated heterocycles. The summed E-state index contributed by atoms with van der Waals surface area (Å²) in [5, 5.41) is 0.860. The van der Waals surface area contributed by atoms with E-state index in [1.165, 1.54) is 24.1 Å². The lowest BCUT2D eigenvalue weighted by atomic mass is 9.84. The van der Waals surface area contributed by atoms with Gasteiger partial charge < -0.3 is 10.6 Å². The molecule has 0 aromatic heterocycles. The summed E-state index contributed by atoms with van der Waals surface area (Å²) in [6.45, 7) is 7.53. The summed E-state index contributed by atoms with van der Waals surface area (Å²) in [6.07, 6.45) is 3.44. The number of nitrogens with zero attached hydrogens (tertiary/aromatic N) is 1. The molecule has 2 nitrogen and oxygen atoms in total. The lowest BCUT2D eigenvalue weighted by Gasteiger charge is -2.39. The Morgan fingerprint density at radius 3 is 2.78 bits per heavy atom. The van der Waals surface area contributed by atoms with Crippen LogP contribution < -0.4 is 10.6 Å². The van der Waals surface area contributed by atoms with Gasteiger partial charge in [-0.2, -0.15) is 0 Å². The number of anilines is 1. The third-order valence-corrected chi connectivity index (χ3v) is 3.99. The summed E-state index contributed by atoms with van der Waals surface area (Å²) in [5.74, 6) is 0. The number of hydrogen-bond acceptors (Lipinski definition) is 2. The smallest absolute Gasteiger partial charge is 0.0642 e. The molecule has 1 fully saturated rings. The Balaban J connectivity index is 2.18. The highest BCUT2D eigenvalue weighted by atomic mass is 35.5. The van der Waals surface area contributed by atoms with Crippen LogP contribution in [0.1, 0.15) is 32.3 Å². The van der Waals surface area contributed by atoms with Crippen molar-refractivity contribution < 1.29 is 0 Å². The standard InChI is InChI=1S/C15H23ClN2/c1-15(2)7-3-9-18(11-15)14-5-4-12(6-8-17)10-13(14)16/h4-5,10H,3,6-9,11,17H2,1-2H3. The zero-order valence-electron chi connectivity index (χ0n) is 11.4. The van der Waals surface area contributed by atoms with Crippen molar-refractivity contribution in [1.29, 1.82) is 0 Å². The summed E-state index contributed by atoms with van der Waals surface area (Å²) >= 11 is 6.41. The van der Waals surface area contributed by atoms with Gasteiger partial charge in [-0.3, -0.25) is 0 Å². The summed E-state index contributed by atoms with van der Waals surface area (Å²) in [7, 11) is 0. The van der Waals surface area contributed by atoms with Gasteiger partial charge >= 0.3 is 0 Å². The van der Waals surface area contributed by atoms with Crippen molar-refractivity contribution in [2.75, 3.05) is 24.5 Å². The van der Waals surface area contributed by atoms with E-state index in [0.717, 1.165) is 24.5 Å². The van der Waals surface area contributed by atoms with Crippen LogP contribution in [0.15, 0.2) is 18.2 Å². The number of rotatable bonds is 3. The fourth-order valence-corrected chi connectivity index (χ4v) is 3.08. The number of piperidine rings is 1. The molecule has 1 aliphatic heterocycles. The van der Waals surface area contributed by atoms with Gasteiger partial charge in [0.2, 0.25) is 0 Å². The van der Waals surface area contributed by atoms with Crippen LogP contribution in [0.3, 0.4) is 0 Å². The van der Waals surface area contributed by atoms with Gasteiger partial charge in [-0.1, -0.05) is 31.5 Å². The Hall–Kier alpha value is -0.730. The summed E-state index contributed by atoms with van der Waals surface area (Å²) in [6, 6.07) is 6.36. The number of nitrogens with two attached hydrogens (primary N) is 1. The van der Waals surface area contributed by atoms with E-state index >= 15 is 0 Å². The summed E-state index contributed by atoms with van der Waals surface area (Å²) in [5.41, 5.74) is 8.36. The van der Waals surface area contributed by atoms with E-state index in [0.29, 0.717) is 12.0 Å². The highest BCUT2D eigenvalue weighted by molar-refractivity contribution is 6.33. The molecule has 0 saturated carbocycles. The Morgan fingerprint density at radius 2 is 2.17 bits per heavy atom. The fourth-order valence-electron chi connectivity index (χ4n) is 2.76. The van der Waals surface area contributed by atoms with E-state index in [9.17, 15) is 0 Å². The number of benzene rings is 1. The highest BCUT2D eigenvalue weighted by Gasteiger charge is 2.27. The van der Waals surface area contributed by atoms with Crippen molar-refractivity contribution in [3.05, 3.63) is 28.8 Å². The van der Waals surface area contributed by atoms with Gasteiger partial charge in [0.25, 0.3) is 0 Å². The van der Waals surface area contributed by atoms with E-state index < -0.39 is 0 Å². The number of halogens is 1. The average molecular weight is 267 g/mol. The molecule has 18 heavy (non-hydrogen) atoms. The molecule has 3 heteroatoms. The van der Waals surface area contributed by atoms with Crippen LogP contribution in [0.4, 0.5) is 5.69 Å². The first-order valence-electron chi connectivity index (χ1n) is 6.75. The maximum Gasteiger partial charge on any atom is 0.0642 e. The van der Waals surface area contributed by atoms with E-state index in [-0.39, 0.29) is 0 Å². The van der Waals surface area contributed by atoms with Crippen LogP contribution >= 0.6 is 11.6 Å². The Bertz CT molecular complexity index is 415. The van der Waals surface area contributed by atoms with Crippen LogP contribution in [0.2, 0.25) is 5.02 Å². The van der Waals surface area contributed by atoms with Crippen LogP contribution in [-0.4, -0.2) is 19.6 Å². The second-order valence-corrected chi connectivity index (χ2v) is 6.42. The minimum atomic E-state index is 0.386. The van der Waals surface area contributed by atoms with Crippen LogP contribution in [0.5, 0.6) is 0 Å². The summed E-state index contributed by atoms with van der Waals surface area (Å²) in [4.78, 5) is 2.41. The van der Waals surface area contributed by atoms with Crippen molar-refractivity contribution >= 4 is 17.3 Å². The predicted molar refractivity (Wildman–Crippen MR) is 79.4 cm³/mol. The average Bonchev–Trinajstić information content (AvgIpc) is 2.28. The molecular weight excluding hydrogens is 244 g/mol. The molecule has 0 bridgehead atoms. The van der Waals surface area contributed by atoms with Crippen molar-refractivity contribution in [2.24, 2.45) is 11.1 Å². The Labute approximate surface area is 115 Å². The minimum absolute atomic E-state index is 0.386. The molecule has 2 N–H and O–H groups in total. The lowest BCUT2D eigenvalue weighted by Crippen LogP contribution is -2.40. The topological polar surface area (TPSA) is 29.3 Å². The van der Waals surface area contributed by atoms with Gasteiger partial charge in [-0.25, -0.2) is 0 Å². The normalized spacial score (nSPS) is 19.0. The van der Waals surface area contributed by atoms with Gasteiger partial charge in [-0.05, 0) is 48.9 Å². The molecule has 0 aliphatic carbocycles. The zero-order valence-corrected chi connectivity index (χ0v) is 12.1. The van der Waals surface area contributed by atoms with Crippen molar-refractivity contribution in [3.63, 3.8) is 0 Å². The van der Waals surface area contributed by atoms with E-state index in [4.69, 9.17) is 17.3 Å². The Kier molecular flexibility index (Phi) is 4.18. The van der Waals surface area contributed by atoms with Crippen molar-refractivity contribution in [1.82, 2.24) is 0 Å². The molecular formula is C15H23ClN2. The van der Waals surface area contributed by atoms with Crippen molar-refractivity contribution in [3.8, 4) is 0 Å². The molecule has 2 rings (SSSR count). The first kappa shape index (κ1) is 13.7. The molecule has 0 atom stereocenters. The quantitative estimate of drug-likeness (QED) is 0.908. The first-order chi connectivity index (χ1) is 8.52. The third kappa shape index (κ3) is 3.18. The first-order valence-corrected chi connectivity index (χ1v) is 7.13. The van der Waals surface area contributed by atoms with Gasteiger partial charge in [0.05, 0.1) is 10.7 Å². The largest absolute Gasteiger partial charge is 0.370 e. The number of hydrogen-bond donors (Lipinski definition) is 1. The maximum absolute atomic E-state index is 6.41. The SMILES string of the molecule is CC1(C)CCCN(c2ccc(CCN)cc2Cl)C1. The zero-order chi connectivity index (χ0) is 13.2. The summed E-state index contributed by atoms with van der Waals surface area (Å²) < 4.78 is 0. The van der Waals surface area contributed by atoms with E-state index in [2.05, 4.69) is 36.9 Å². The molecule has 1 aliphatic rings. The predicted octanol–water partition coefficient (Wildman–Crippen LogP) is 3.47. The van der Waals surface area contributed by atoms with Crippen LogP contribution in [-0.2, 0) is 6.42 Å². The molecule has 0 spiro atoms. The minimum Gasteiger partial charge on any atom is -0.370 e. The molecule has 1 aromatic carbocycles. The Morgan fingerprint density at radius 1 is 1.39 bits per heavy atom. The van der Waals surface area contributed by atoms with Gasteiger partial charge in [0, 0.05) is 13.1 Å². The van der Waals surface area contributed by atoms with Crippen LogP contribution in [0, 0.1) is 5.41 Å². The fraction of sp³-hybridized carbons (Fsp3) is 0.600. The molecule has 1 aromatic rings. The van der Waals surface area contributed by atoms with E-state index in [1.54, 1.807) is 0 Å². The second kappa shape index (κ2) is 5.50. The highest BCUT2D eigenvalue weighted by Crippen LogP contribution is 2.35. The molecule has 0 radical (unpaired) electrons. The van der Waals surface area contributed by atoms with Gasteiger partial charge in [-0.15, -0.1) is 0 Å². The molecule has 1 heterocycles. The lowest BCUT2D eigenvalue weighted by molar-refractivity contribution is 0.293. The van der Waals surface area contributed by atoms with E-state index in [1.807, 2.05) is 0 Å². The maximum atomic E-state index is 6.41. The molecule has 100 valence electrons. The second-order valence-electron chi connectivity index (χ2n) is 6.01. The third-order valence-electron chi connectivity index (χ3n) is 3.69.